The summed E-state index contributed by atoms with van der Waals surface area (Å²) < 4.78 is 3.76. The zero-order valence-corrected chi connectivity index (χ0v) is 15.3. The number of aromatic nitrogens is 5. The van der Waals surface area contributed by atoms with Crippen LogP contribution in [0.1, 0.15) is 34.9 Å². The molecule has 0 aliphatic carbocycles. The maximum Gasteiger partial charge on any atom is 0.257 e. The molecule has 4 aromatic rings. The predicted molar refractivity (Wildman–Crippen MR) is 104 cm³/mol. The van der Waals surface area contributed by atoms with Crippen molar-refractivity contribution in [1.29, 1.82) is 0 Å². The Hall–Kier alpha value is -3.48. The van der Waals surface area contributed by atoms with Crippen LogP contribution in [0.25, 0.3) is 11.3 Å². The molecule has 140 valence electrons. The van der Waals surface area contributed by atoms with E-state index in [1.165, 1.54) is 0 Å². The van der Waals surface area contributed by atoms with Gasteiger partial charge < -0.3 is 4.90 Å². The Labute approximate surface area is 162 Å². The molecule has 4 heterocycles. The minimum atomic E-state index is 0.0145. The molecule has 1 amide bonds. The Morgan fingerprint density at radius 3 is 2.79 bits per heavy atom. The summed E-state index contributed by atoms with van der Waals surface area (Å²) in [4.78, 5) is 15.0. The molecular weight excluding hydrogens is 352 g/mol. The van der Waals surface area contributed by atoms with Crippen molar-refractivity contribution in [3.8, 4) is 5.69 Å². The van der Waals surface area contributed by atoms with Crippen molar-refractivity contribution >= 4 is 11.6 Å². The fraction of sp³-hybridized carbons (Fsp3) is 0.238. The van der Waals surface area contributed by atoms with E-state index in [9.17, 15) is 4.79 Å². The number of hydrogen-bond acceptors (Lipinski definition) is 4. The molecule has 28 heavy (non-hydrogen) atoms. The summed E-state index contributed by atoms with van der Waals surface area (Å²) in [5.41, 5.74) is 2.38. The number of piperidine rings is 1. The number of carbonyl (C=O) groups is 1. The number of amides is 1. The highest BCUT2D eigenvalue weighted by atomic mass is 16.2. The van der Waals surface area contributed by atoms with Crippen molar-refractivity contribution in [3.05, 3.63) is 78.5 Å². The van der Waals surface area contributed by atoms with Crippen LogP contribution in [-0.4, -0.2) is 48.3 Å². The van der Waals surface area contributed by atoms with E-state index in [2.05, 4.69) is 15.3 Å². The Morgan fingerprint density at radius 1 is 1.04 bits per heavy atom. The standard InChI is InChI=1S/C21H20N6O/c28-21(17-13-22-27(15-17)18-8-2-1-3-9-18)25-11-6-7-16(14-25)20-24-23-19-10-4-5-12-26(19)20/h1-5,8-10,12-13,15-16H,6-7,11,14H2. The van der Waals surface area contributed by atoms with Gasteiger partial charge in [-0.1, -0.05) is 24.3 Å². The van der Waals surface area contributed by atoms with E-state index < -0.39 is 0 Å². The van der Waals surface area contributed by atoms with E-state index in [0.717, 1.165) is 36.5 Å². The van der Waals surface area contributed by atoms with Crippen LogP contribution < -0.4 is 0 Å². The summed E-state index contributed by atoms with van der Waals surface area (Å²) in [6.45, 7) is 1.40. The maximum atomic E-state index is 13.1. The lowest BCUT2D eigenvalue weighted by Gasteiger charge is -2.31. The van der Waals surface area contributed by atoms with Crippen molar-refractivity contribution < 1.29 is 4.79 Å². The predicted octanol–water partition coefficient (Wildman–Crippen LogP) is 2.93. The molecule has 1 fully saturated rings. The first-order valence-corrected chi connectivity index (χ1v) is 9.48. The summed E-state index contributed by atoms with van der Waals surface area (Å²) in [5, 5.41) is 13.0. The Kier molecular flexibility index (Phi) is 4.12. The molecule has 3 aromatic heterocycles. The van der Waals surface area contributed by atoms with Crippen LogP contribution in [0.3, 0.4) is 0 Å². The Morgan fingerprint density at radius 2 is 1.89 bits per heavy atom. The van der Waals surface area contributed by atoms with Crippen molar-refractivity contribution in [2.45, 2.75) is 18.8 Å². The monoisotopic (exact) mass is 372 g/mol. The van der Waals surface area contributed by atoms with Gasteiger partial charge in [-0.3, -0.25) is 9.20 Å². The molecule has 1 aromatic carbocycles. The zero-order chi connectivity index (χ0) is 18.9. The van der Waals surface area contributed by atoms with E-state index in [1.807, 2.05) is 64.0 Å². The molecule has 0 bridgehead atoms. The average molecular weight is 372 g/mol. The van der Waals surface area contributed by atoms with Crippen LogP contribution >= 0.6 is 0 Å². The van der Waals surface area contributed by atoms with Crippen LogP contribution in [0.4, 0.5) is 0 Å². The second kappa shape index (κ2) is 6.92. The third-order valence-corrected chi connectivity index (χ3v) is 5.26. The third-order valence-electron chi connectivity index (χ3n) is 5.26. The van der Waals surface area contributed by atoms with Gasteiger partial charge in [0, 0.05) is 31.4 Å². The topological polar surface area (TPSA) is 68.3 Å². The molecule has 1 atom stereocenters. The van der Waals surface area contributed by atoms with E-state index >= 15 is 0 Å². The molecule has 1 saturated heterocycles. The highest BCUT2D eigenvalue weighted by Gasteiger charge is 2.29. The number of rotatable bonds is 3. The minimum Gasteiger partial charge on any atom is -0.338 e. The minimum absolute atomic E-state index is 0.0145. The first kappa shape index (κ1) is 16.7. The molecule has 5 rings (SSSR count). The fourth-order valence-corrected chi connectivity index (χ4v) is 3.85. The van der Waals surface area contributed by atoms with Crippen LogP contribution in [0.15, 0.2) is 67.1 Å². The number of para-hydroxylation sites is 1. The van der Waals surface area contributed by atoms with Gasteiger partial charge in [-0.25, -0.2) is 4.68 Å². The number of nitrogens with zero attached hydrogens (tertiary/aromatic N) is 6. The smallest absolute Gasteiger partial charge is 0.257 e. The van der Waals surface area contributed by atoms with Gasteiger partial charge in [0.1, 0.15) is 5.82 Å². The van der Waals surface area contributed by atoms with Gasteiger partial charge in [0.05, 0.1) is 17.4 Å². The number of pyridine rings is 1. The summed E-state index contributed by atoms with van der Waals surface area (Å²) in [6, 6.07) is 15.7. The van der Waals surface area contributed by atoms with Gasteiger partial charge in [0.25, 0.3) is 5.91 Å². The fourth-order valence-electron chi connectivity index (χ4n) is 3.85. The first-order valence-electron chi connectivity index (χ1n) is 9.48. The number of carbonyl (C=O) groups excluding carboxylic acids is 1. The number of hydrogen-bond donors (Lipinski definition) is 0. The van der Waals surface area contributed by atoms with E-state index in [0.29, 0.717) is 12.1 Å². The van der Waals surface area contributed by atoms with Gasteiger partial charge >= 0.3 is 0 Å². The molecule has 7 heteroatoms. The molecule has 1 unspecified atom stereocenters. The SMILES string of the molecule is O=C(c1cnn(-c2ccccc2)c1)N1CCCC(c2nnc3ccccn23)C1. The number of benzene rings is 1. The summed E-state index contributed by atoms with van der Waals surface area (Å²) in [7, 11) is 0. The molecule has 1 aliphatic rings. The van der Waals surface area contributed by atoms with Crippen molar-refractivity contribution in [2.24, 2.45) is 0 Å². The largest absolute Gasteiger partial charge is 0.338 e. The van der Waals surface area contributed by atoms with Crippen molar-refractivity contribution in [1.82, 2.24) is 29.3 Å². The van der Waals surface area contributed by atoms with E-state index in [-0.39, 0.29) is 11.8 Å². The molecule has 0 saturated carbocycles. The van der Waals surface area contributed by atoms with Gasteiger partial charge in [0.2, 0.25) is 0 Å². The lowest BCUT2D eigenvalue weighted by molar-refractivity contribution is 0.0704. The third kappa shape index (κ3) is 2.94. The first-order chi connectivity index (χ1) is 13.8. The molecule has 0 radical (unpaired) electrons. The highest BCUT2D eigenvalue weighted by molar-refractivity contribution is 5.94. The quantitative estimate of drug-likeness (QED) is 0.554. The van der Waals surface area contributed by atoms with Gasteiger partial charge in [0.15, 0.2) is 5.65 Å². The van der Waals surface area contributed by atoms with E-state index in [1.54, 1.807) is 17.1 Å². The van der Waals surface area contributed by atoms with Gasteiger partial charge in [-0.05, 0) is 37.1 Å². The lowest BCUT2D eigenvalue weighted by atomic mass is 9.96. The van der Waals surface area contributed by atoms with Crippen molar-refractivity contribution in [2.75, 3.05) is 13.1 Å². The van der Waals surface area contributed by atoms with Crippen LogP contribution in [0.2, 0.25) is 0 Å². The summed E-state index contributed by atoms with van der Waals surface area (Å²) in [5.74, 6) is 1.12. The Bertz CT molecular complexity index is 1120. The normalized spacial score (nSPS) is 17.1. The van der Waals surface area contributed by atoms with Gasteiger partial charge in [-0.2, -0.15) is 5.10 Å². The average Bonchev–Trinajstić information content (AvgIpc) is 3.42. The molecule has 1 aliphatic heterocycles. The maximum absolute atomic E-state index is 13.1. The van der Waals surface area contributed by atoms with Gasteiger partial charge in [-0.15, -0.1) is 10.2 Å². The molecular formula is C21H20N6O. The molecule has 7 nitrogen and oxygen atoms in total. The van der Waals surface area contributed by atoms with Crippen LogP contribution in [0, 0.1) is 0 Å². The number of fused-ring (bicyclic) bond motifs is 1. The summed E-state index contributed by atoms with van der Waals surface area (Å²) >= 11 is 0. The summed E-state index contributed by atoms with van der Waals surface area (Å²) in [6.07, 6.45) is 7.38. The highest BCUT2D eigenvalue weighted by Crippen LogP contribution is 2.27. The van der Waals surface area contributed by atoms with E-state index in [4.69, 9.17) is 0 Å². The van der Waals surface area contributed by atoms with Crippen LogP contribution in [-0.2, 0) is 0 Å². The molecule has 0 spiro atoms. The second-order valence-corrected chi connectivity index (χ2v) is 7.09. The second-order valence-electron chi connectivity index (χ2n) is 7.09. The zero-order valence-electron chi connectivity index (χ0n) is 15.3. The molecule has 0 N–H and O–H groups in total. The lowest BCUT2D eigenvalue weighted by Crippen LogP contribution is -2.39. The van der Waals surface area contributed by atoms with Crippen LogP contribution in [0.5, 0.6) is 0 Å². The van der Waals surface area contributed by atoms with Crippen molar-refractivity contribution in [3.63, 3.8) is 0 Å². The Balaban J connectivity index is 1.36. The number of likely N-dealkylation sites (tertiary alicyclic amines) is 1.